The summed E-state index contributed by atoms with van der Waals surface area (Å²) in [5, 5.41) is 4.67. The molecule has 92 valence electrons. The molecule has 1 saturated carbocycles. The van der Waals surface area contributed by atoms with Crippen LogP contribution in [0.15, 0.2) is 17.6 Å². The van der Waals surface area contributed by atoms with Gasteiger partial charge in [-0.05, 0) is 30.9 Å². The van der Waals surface area contributed by atoms with Crippen LogP contribution < -0.4 is 5.32 Å². The molecule has 1 N–H and O–H groups in total. The Morgan fingerprint density at radius 1 is 1.44 bits per heavy atom. The van der Waals surface area contributed by atoms with Gasteiger partial charge in [0.05, 0.1) is 6.54 Å². The van der Waals surface area contributed by atoms with Crippen molar-refractivity contribution in [2.24, 2.45) is 16.8 Å². The summed E-state index contributed by atoms with van der Waals surface area (Å²) in [4.78, 5) is 4.47. The molecule has 0 amide bonds. The smallest absolute Gasteiger partial charge is 0.156 e. The first-order valence-electron chi connectivity index (χ1n) is 6.15. The van der Waals surface area contributed by atoms with Gasteiger partial charge in [-0.25, -0.2) is 0 Å². The Balaban J connectivity index is 2.57. The van der Waals surface area contributed by atoms with Gasteiger partial charge < -0.3 is 5.32 Å². The van der Waals surface area contributed by atoms with Crippen molar-refractivity contribution in [3.05, 3.63) is 12.7 Å². The summed E-state index contributed by atoms with van der Waals surface area (Å²) in [5.74, 6) is 1.51. The van der Waals surface area contributed by atoms with Crippen LogP contribution >= 0.6 is 11.8 Å². The topological polar surface area (TPSA) is 24.4 Å². The summed E-state index contributed by atoms with van der Waals surface area (Å²) in [7, 11) is 0. The van der Waals surface area contributed by atoms with Crippen molar-refractivity contribution < 1.29 is 0 Å². The van der Waals surface area contributed by atoms with Crippen molar-refractivity contribution in [1.82, 2.24) is 5.32 Å². The average Bonchev–Trinajstić information content (AvgIpc) is 2.28. The first-order chi connectivity index (χ1) is 7.69. The van der Waals surface area contributed by atoms with Crippen molar-refractivity contribution in [3.63, 3.8) is 0 Å². The highest BCUT2D eigenvalue weighted by Gasteiger charge is 2.28. The highest BCUT2D eigenvalue weighted by molar-refractivity contribution is 8.13. The predicted molar refractivity (Wildman–Crippen MR) is 75.1 cm³/mol. The lowest BCUT2D eigenvalue weighted by molar-refractivity contribution is 0.232. The fourth-order valence-electron chi connectivity index (χ4n) is 2.43. The Kier molecular flexibility index (Phi) is 5.96. The fourth-order valence-corrected chi connectivity index (χ4v) is 2.88. The number of nitrogens with one attached hydrogen (secondary N) is 1. The zero-order valence-electron chi connectivity index (χ0n) is 10.7. The monoisotopic (exact) mass is 240 g/mol. The van der Waals surface area contributed by atoms with E-state index in [0.29, 0.717) is 12.6 Å². The summed E-state index contributed by atoms with van der Waals surface area (Å²) < 4.78 is 0. The van der Waals surface area contributed by atoms with E-state index in [2.05, 4.69) is 37.0 Å². The van der Waals surface area contributed by atoms with Gasteiger partial charge in [0, 0.05) is 6.04 Å². The highest BCUT2D eigenvalue weighted by atomic mass is 32.2. The van der Waals surface area contributed by atoms with E-state index in [-0.39, 0.29) is 0 Å². The lowest BCUT2D eigenvalue weighted by Gasteiger charge is -2.35. The van der Waals surface area contributed by atoms with Crippen LogP contribution in [-0.2, 0) is 0 Å². The standard InChI is InChI=1S/C13H24N2S/c1-5-9-14-13(16-4)15-12-10(2)7-6-8-11(12)3/h5,10-12H,1,6-9H2,2-4H3,(H,14,15). The molecule has 2 unspecified atom stereocenters. The Hall–Kier alpha value is -0.440. The van der Waals surface area contributed by atoms with Gasteiger partial charge in [0.25, 0.3) is 0 Å². The van der Waals surface area contributed by atoms with Gasteiger partial charge in [0.2, 0.25) is 0 Å². The van der Waals surface area contributed by atoms with E-state index in [1.54, 1.807) is 11.8 Å². The molecule has 0 bridgehead atoms. The molecule has 16 heavy (non-hydrogen) atoms. The van der Waals surface area contributed by atoms with Gasteiger partial charge in [-0.3, -0.25) is 4.99 Å². The molecule has 0 aliphatic heterocycles. The minimum Gasteiger partial charge on any atom is -0.362 e. The van der Waals surface area contributed by atoms with Crippen LogP contribution in [0.25, 0.3) is 0 Å². The van der Waals surface area contributed by atoms with Gasteiger partial charge >= 0.3 is 0 Å². The summed E-state index contributed by atoms with van der Waals surface area (Å²) in [6, 6.07) is 0.588. The molecule has 1 fully saturated rings. The third kappa shape index (κ3) is 3.85. The Labute approximate surface area is 104 Å². The van der Waals surface area contributed by atoms with E-state index in [1.165, 1.54) is 19.3 Å². The Morgan fingerprint density at radius 3 is 2.56 bits per heavy atom. The van der Waals surface area contributed by atoms with Gasteiger partial charge in [-0.1, -0.05) is 38.1 Å². The normalized spacial score (nSPS) is 31.2. The molecule has 1 aliphatic rings. The van der Waals surface area contributed by atoms with Crippen LogP contribution in [0.5, 0.6) is 0 Å². The number of amidine groups is 1. The molecule has 2 nitrogen and oxygen atoms in total. The van der Waals surface area contributed by atoms with E-state index in [1.807, 2.05) is 6.08 Å². The lowest BCUT2D eigenvalue weighted by atomic mass is 9.79. The SMILES string of the molecule is C=CCN=C(NC1C(C)CCCC1C)SC. The zero-order valence-corrected chi connectivity index (χ0v) is 11.5. The molecule has 0 heterocycles. The van der Waals surface area contributed by atoms with Gasteiger partial charge in [0.1, 0.15) is 0 Å². The average molecular weight is 240 g/mol. The van der Waals surface area contributed by atoms with Crippen LogP contribution in [0, 0.1) is 11.8 Å². The number of hydrogen-bond donors (Lipinski definition) is 1. The quantitative estimate of drug-likeness (QED) is 0.465. The van der Waals surface area contributed by atoms with Crippen molar-refractivity contribution in [2.45, 2.75) is 39.2 Å². The number of rotatable bonds is 3. The van der Waals surface area contributed by atoms with Gasteiger partial charge in [0.15, 0.2) is 5.17 Å². The minimum atomic E-state index is 0.588. The minimum absolute atomic E-state index is 0.588. The van der Waals surface area contributed by atoms with Crippen LogP contribution in [0.3, 0.4) is 0 Å². The molecule has 3 heteroatoms. The van der Waals surface area contributed by atoms with E-state index in [9.17, 15) is 0 Å². The van der Waals surface area contributed by atoms with Crippen molar-refractivity contribution >= 4 is 16.9 Å². The number of thioether (sulfide) groups is 1. The molecule has 1 rings (SSSR count). The summed E-state index contributed by atoms with van der Waals surface area (Å²) in [6.45, 7) is 9.10. The molecular weight excluding hydrogens is 216 g/mol. The number of hydrogen-bond acceptors (Lipinski definition) is 2. The summed E-state index contributed by atoms with van der Waals surface area (Å²) in [5.41, 5.74) is 0. The Morgan fingerprint density at radius 2 is 2.06 bits per heavy atom. The third-order valence-electron chi connectivity index (χ3n) is 3.39. The molecule has 0 aromatic rings. The maximum atomic E-state index is 4.47. The van der Waals surface area contributed by atoms with Crippen molar-refractivity contribution in [1.29, 1.82) is 0 Å². The first-order valence-corrected chi connectivity index (χ1v) is 7.37. The second-order valence-electron chi connectivity index (χ2n) is 4.69. The molecular formula is C13H24N2S. The van der Waals surface area contributed by atoms with Gasteiger partial charge in [-0.2, -0.15) is 0 Å². The largest absolute Gasteiger partial charge is 0.362 e. The lowest BCUT2D eigenvalue weighted by Crippen LogP contribution is -2.44. The predicted octanol–water partition coefficient (Wildman–Crippen LogP) is 3.31. The molecule has 1 aliphatic carbocycles. The third-order valence-corrected chi connectivity index (χ3v) is 4.03. The summed E-state index contributed by atoms with van der Waals surface area (Å²) >= 11 is 1.70. The molecule has 0 spiro atoms. The molecule has 0 aromatic heterocycles. The molecule has 0 radical (unpaired) electrons. The number of nitrogens with zero attached hydrogens (tertiary/aromatic N) is 1. The van der Waals surface area contributed by atoms with E-state index < -0.39 is 0 Å². The van der Waals surface area contributed by atoms with Crippen molar-refractivity contribution in [3.8, 4) is 0 Å². The molecule has 0 saturated heterocycles. The van der Waals surface area contributed by atoms with E-state index in [0.717, 1.165) is 17.0 Å². The second-order valence-corrected chi connectivity index (χ2v) is 5.49. The van der Waals surface area contributed by atoms with Crippen LogP contribution in [0.4, 0.5) is 0 Å². The molecule has 2 atom stereocenters. The Bertz CT molecular complexity index is 240. The van der Waals surface area contributed by atoms with Crippen LogP contribution in [0.2, 0.25) is 0 Å². The van der Waals surface area contributed by atoms with E-state index in [4.69, 9.17) is 0 Å². The van der Waals surface area contributed by atoms with Gasteiger partial charge in [-0.15, -0.1) is 6.58 Å². The highest BCUT2D eigenvalue weighted by Crippen LogP contribution is 2.29. The summed E-state index contributed by atoms with van der Waals surface area (Å²) in [6.07, 6.45) is 7.97. The maximum absolute atomic E-state index is 4.47. The second kappa shape index (κ2) is 7.00. The fraction of sp³-hybridized carbons (Fsp3) is 0.769. The zero-order chi connectivity index (χ0) is 12.0. The van der Waals surface area contributed by atoms with Crippen LogP contribution in [-0.4, -0.2) is 24.0 Å². The van der Waals surface area contributed by atoms with E-state index >= 15 is 0 Å². The maximum Gasteiger partial charge on any atom is 0.156 e. The first kappa shape index (κ1) is 13.6. The molecule has 0 aromatic carbocycles. The number of aliphatic imine (C=N–C) groups is 1. The van der Waals surface area contributed by atoms with Crippen LogP contribution in [0.1, 0.15) is 33.1 Å². The van der Waals surface area contributed by atoms with Crippen molar-refractivity contribution in [2.75, 3.05) is 12.8 Å².